The molecule has 0 saturated heterocycles. The number of fused-ring (bicyclic) bond motifs is 11. The van der Waals surface area contributed by atoms with Gasteiger partial charge in [0.15, 0.2) is 0 Å². The number of rotatable bonds is 3. The van der Waals surface area contributed by atoms with E-state index < -0.39 is 0 Å². The first-order valence-electron chi connectivity index (χ1n) is 16.5. The third-order valence-corrected chi connectivity index (χ3v) is 10.8. The zero-order valence-corrected chi connectivity index (χ0v) is 26.9. The Kier molecular flexibility index (Phi) is 5.95. The summed E-state index contributed by atoms with van der Waals surface area (Å²) in [6, 6.07) is 64.6. The van der Waals surface area contributed by atoms with Gasteiger partial charge < -0.3 is 0 Å². The minimum atomic E-state index is -0.358. The Morgan fingerprint density at radius 3 is 1.58 bits per heavy atom. The maximum atomic E-state index is 6.36. The van der Waals surface area contributed by atoms with Crippen molar-refractivity contribution in [2.75, 3.05) is 0 Å². The van der Waals surface area contributed by atoms with E-state index in [4.69, 9.17) is 11.6 Å². The Morgan fingerprint density at radius 1 is 0.312 bits per heavy atom. The summed E-state index contributed by atoms with van der Waals surface area (Å²) in [6.45, 7) is 0. The zero-order valence-electron chi connectivity index (χ0n) is 26.1. The summed E-state index contributed by atoms with van der Waals surface area (Å²) in [4.78, 5) is 0. The maximum Gasteiger partial charge on any atom is 0.0725 e. The van der Waals surface area contributed by atoms with Gasteiger partial charge in [-0.3, -0.25) is 0 Å². The van der Waals surface area contributed by atoms with Gasteiger partial charge in [-0.15, -0.1) is 0 Å². The molecule has 0 amide bonds. The first kappa shape index (κ1) is 27.4. The van der Waals surface area contributed by atoms with Crippen LogP contribution in [0.4, 0.5) is 0 Å². The smallest absolute Gasteiger partial charge is 0.0725 e. The molecule has 0 radical (unpaired) electrons. The molecule has 0 bridgehead atoms. The van der Waals surface area contributed by atoms with Gasteiger partial charge in [0, 0.05) is 5.02 Å². The summed E-state index contributed by atoms with van der Waals surface area (Å²) < 4.78 is 0. The van der Waals surface area contributed by atoms with E-state index >= 15 is 0 Å². The Morgan fingerprint density at radius 2 is 0.833 bits per heavy atom. The van der Waals surface area contributed by atoms with Crippen molar-refractivity contribution < 1.29 is 0 Å². The summed E-state index contributed by atoms with van der Waals surface area (Å²) in [5, 5.41) is 3.09. The van der Waals surface area contributed by atoms with E-state index in [1.165, 1.54) is 83.3 Å². The lowest BCUT2D eigenvalue weighted by Gasteiger charge is -2.30. The van der Waals surface area contributed by atoms with E-state index in [0.717, 1.165) is 10.4 Å². The fourth-order valence-corrected chi connectivity index (χ4v) is 8.78. The summed E-state index contributed by atoms with van der Waals surface area (Å²) in [5.74, 6) is 0. The molecular weight excluding hydrogens is 600 g/mol. The van der Waals surface area contributed by atoms with Gasteiger partial charge in [0.05, 0.1) is 5.41 Å². The Bertz CT molecular complexity index is 2540. The van der Waals surface area contributed by atoms with E-state index in [-0.39, 0.29) is 5.41 Å². The van der Waals surface area contributed by atoms with Gasteiger partial charge in [-0.1, -0.05) is 163 Å². The average molecular weight is 629 g/mol. The maximum absolute atomic E-state index is 6.36. The summed E-state index contributed by atoms with van der Waals surface area (Å²) in [5.41, 5.74) is 17.7. The molecule has 0 nitrogen and oxygen atoms in total. The van der Waals surface area contributed by atoms with Crippen molar-refractivity contribution in [3.05, 3.63) is 203 Å². The molecule has 0 fully saturated rings. The predicted octanol–water partition coefficient (Wildman–Crippen LogP) is 12.8. The fraction of sp³-hybridized carbons (Fsp3) is 0.0213. The van der Waals surface area contributed by atoms with Gasteiger partial charge >= 0.3 is 0 Å². The van der Waals surface area contributed by atoms with Crippen LogP contribution in [0.25, 0.3) is 66.4 Å². The summed E-state index contributed by atoms with van der Waals surface area (Å²) in [7, 11) is 0. The second kappa shape index (κ2) is 10.4. The highest BCUT2D eigenvalue weighted by atomic mass is 35.5. The fourth-order valence-electron chi connectivity index (χ4n) is 8.60. The molecule has 0 saturated carbocycles. The molecule has 48 heavy (non-hydrogen) atoms. The molecule has 0 N–H and O–H groups in total. The van der Waals surface area contributed by atoms with Crippen molar-refractivity contribution in [3.8, 4) is 55.6 Å². The molecule has 1 heteroatoms. The Balaban J connectivity index is 1.19. The Labute approximate surface area is 285 Å². The van der Waals surface area contributed by atoms with E-state index in [1.54, 1.807) is 0 Å². The lowest BCUT2D eigenvalue weighted by atomic mass is 9.70. The van der Waals surface area contributed by atoms with Crippen LogP contribution in [0.3, 0.4) is 0 Å². The second-order valence-electron chi connectivity index (χ2n) is 12.9. The third-order valence-electron chi connectivity index (χ3n) is 10.5. The van der Waals surface area contributed by atoms with Crippen LogP contribution in [0.2, 0.25) is 5.02 Å². The molecule has 0 aliphatic heterocycles. The van der Waals surface area contributed by atoms with Crippen LogP contribution in [-0.4, -0.2) is 0 Å². The van der Waals surface area contributed by atoms with E-state index in [9.17, 15) is 0 Å². The van der Waals surface area contributed by atoms with Gasteiger partial charge in [-0.05, 0) is 113 Å². The van der Waals surface area contributed by atoms with Crippen LogP contribution >= 0.6 is 11.6 Å². The van der Waals surface area contributed by atoms with Crippen LogP contribution in [0.5, 0.6) is 0 Å². The number of halogens is 1. The minimum Gasteiger partial charge on any atom is -0.0843 e. The third kappa shape index (κ3) is 3.78. The number of hydrogen-bond acceptors (Lipinski definition) is 0. The van der Waals surface area contributed by atoms with E-state index in [2.05, 4.69) is 164 Å². The molecule has 0 heterocycles. The topological polar surface area (TPSA) is 0 Å². The van der Waals surface area contributed by atoms with Crippen LogP contribution in [-0.2, 0) is 5.41 Å². The van der Waals surface area contributed by atoms with Crippen LogP contribution in [0, 0.1) is 0 Å². The van der Waals surface area contributed by atoms with E-state index in [1.807, 2.05) is 12.1 Å². The van der Waals surface area contributed by atoms with Gasteiger partial charge in [-0.2, -0.15) is 0 Å². The van der Waals surface area contributed by atoms with E-state index in [0.29, 0.717) is 0 Å². The Hall–Kier alpha value is -5.69. The lowest BCUT2D eigenvalue weighted by molar-refractivity contribution is 0.794. The van der Waals surface area contributed by atoms with Crippen LogP contribution < -0.4 is 0 Å². The number of hydrogen-bond donors (Lipinski definition) is 0. The minimum absolute atomic E-state index is 0.358. The molecule has 224 valence electrons. The second-order valence-corrected chi connectivity index (χ2v) is 13.4. The highest BCUT2D eigenvalue weighted by molar-refractivity contribution is 6.31. The number of benzene rings is 8. The summed E-state index contributed by atoms with van der Waals surface area (Å²) in [6.07, 6.45) is 0. The van der Waals surface area contributed by atoms with Crippen molar-refractivity contribution in [1.82, 2.24) is 0 Å². The molecule has 0 aromatic heterocycles. The molecular formula is C47H29Cl. The predicted molar refractivity (Wildman–Crippen MR) is 202 cm³/mol. The first-order valence-corrected chi connectivity index (χ1v) is 16.9. The highest BCUT2D eigenvalue weighted by Crippen LogP contribution is 2.64. The van der Waals surface area contributed by atoms with Crippen LogP contribution in [0.1, 0.15) is 22.3 Å². The summed E-state index contributed by atoms with van der Waals surface area (Å²) >= 11 is 6.36. The molecule has 10 rings (SSSR count). The average Bonchev–Trinajstić information content (AvgIpc) is 3.62. The van der Waals surface area contributed by atoms with Gasteiger partial charge in [0.25, 0.3) is 0 Å². The largest absolute Gasteiger partial charge is 0.0843 e. The molecule has 0 atom stereocenters. The standard InChI is InChI=1S/C47H29Cl/c48-35-26-25-30-23-24-32(28-34(30)29-35)31-11-9-12-33(27-31)36-13-1-2-14-37(36)40-18-10-22-45-46(40)41-17-5-8-21-44(41)47(45)42-19-6-3-15-38(42)39-16-4-7-20-43(39)47/h1-29H. The normalized spacial score (nSPS) is 13.3. The first-order chi connectivity index (χ1) is 23.7. The van der Waals surface area contributed by atoms with Crippen molar-refractivity contribution in [2.45, 2.75) is 5.41 Å². The SMILES string of the molecule is Clc1ccc2ccc(-c3cccc(-c4ccccc4-c4cccc5c4-c4ccccc4C54c5ccccc5-c5ccccc54)c3)cc2c1. The lowest BCUT2D eigenvalue weighted by Crippen LogP contribution is -2.25. The molecule has 1 spiro atoms. The quantitative estimate of drug-likeness (QED) is 0.183. The van der Waals surface area contributed by atoms with Crippen molar-refractivity contribution >= 4 is 22.4 Å². The van der Waals surface area contributed by atoms with Crippen molar-refractivity contribution in [3.63, 3.8) is 0 Å². The molecule has 8 aromatic rings. The molecule has 2 aliphatic rings. The van der Waals surface area contributed by atoms with Gasteiger partial charge in [0.2, 0.25) is 0 Å². The zero-order chi connectivity index (χ0) is 31.8. The monoisotopic (exact) mass is 628 g/mol. The van der Waals surface area contributed by atoms with Crippen LogP contribution in [0.15, 0.2) is 176 Å². The van der Waals surface area contributed by atoms with Crippen molar-refractivity contribution in [1.29, 1.82) is 0 Å². The molecule has 0 unspecified atom stereocenters. The highest BCUT2D eigenvalue weighted by Gasteiger charge is 2.51. The van der Waals surface area contributed by atoms with Gasteiger partial charge in [-0.25, -0.2) is 0 Å². The molecule has 2 aliphatic carbocycles. The van der Waals surface area contributed by atoms with Gasteiger partial charge in [0.1, 0.15) is 0 Å². The molecule has 8 aromatic carbocycles. The van der Waals surface area contributed by atoms with Crippen molar-refractivity contribution in [2.24, 2.45) is 0 Å².